The first-order valence-electron chi connectivity index (χ1n) is 11.2. The van der Waals surface area contributed by atoms with Gasteiger partial charge in [0.1, 0.15) is 11.5 Å². The molecule has 0 radical (unpaired) electrons. The van der Waals surface area contributed by atoms with E-state index in [9.17, 15) is 9.59 Å². The third-order valence-electron chi connectivity index (χ3n) is 5.05. The molecule has 2 aromatic carbocycles. The van der Waals surface area contributed by atoms with Gasteiger partial charge in [0.2, 0.25) is 11.8 Å². The molecule has 2 aromatic rings. The molecule has 7 nitrogen and oxygen atoms in total. The summed E-state index contributed by atoms with van der Waals surface area (Å²) in [6.45, 7) is 9.93. The summed E-state index contributed by atoms with van der Waals surface area (Å²) in [5, 5.41) is 5.96. The highest BCUT2D eigenvalue weighted by Gasteiger charge is 2.20. The van der Waals surface area contributed by atoms with Crippen LogP contribution < -0.4 is 15.4 Å². The fourth-order valence-electron chi connectivity index (χ4n) is 3.64. The van der Waals surface area contributed by atoms with Gasteiger partial charge in [-0.05, 0) is 76.7 Å². The minimum atomic E-state index is -0.223. The first kappa shape index (κ1) is 23.8. The molecule has 1 saturated heterocycles. The summed E-state index contributed by atoms with van der Waals surface area (Å²) >= 11 is 0. The van der Waals surface area contributed by atoms with Crippen LogP contribution in [-0.2, 0) is 9.59 Å². The number of benzene rings is 2. The van der Waals surface area contributed by atoms with Crippen LogP contribution in [0.4, 0.5) is 5.69 Å². The summed E-state index contributed by atoms with van der Waals surface area (Å²) in [7, 11) is 0. The van der Waals surface area contributed by atoms with Crippen LogP contribution in [-0.4, -0.2) is 66.4 Å². The molecule has 0 aliphatic carbocycles. The molecule has 1 aliphatic rings. The molecule has 7 heteroatoms. The summed E-state index contributed by atoms with van der Waals surface area (Å²) < 4.78 is 5.78. The van der Waals surface area contributed by atoms with Crippen LogP contribution in [0.25, 0.3) is 0 Å². The van der Waals surface area contributed by atoms with E-state index in [0.717, 1.165) is 49.8 Å². The van der Waals surface area contributed by atoms with Gasteiger partial charge >= 0.3 is 0 Å². The van der Waals surface area contributed by atoms with Gasteiger partial charge in [-0.2, -0.15) is 0 Å². The molecule has 0 aromatic heterocycles. The Bertz CT molecular complexity index is 878. The molecule has 0 saturated carbocycles. The fraction of sp³-hybridized carbons (Fsp3) is 0.440. The average molecular weight is 439 g/mol. The number of carbonyl (C=O) groups is 2. The minimum Gasteiger partial charge on any atom is -0.457 e. The van der Waals surface area contributed by atoms with Crippen molar-refractivity contribution in [1.29, 1.82) is 0 Å². The van der Waals surface area contributed by atoms with Gasteiger partial charge in [0, 0.05) is 24.3 Å². The lowest BCUT2D eigenvalue weighted by Gasteiger charge is -2.25. The van der Waals surface area contributed by atoms with Crippen molar-refractivity contribution >= 4 is 17.5 Å². The number of ether oxygens (including phenoxy) is 1. The molecule has 1 fully saturated rings. The normalized spacial score (nSPS) is 15.6. The number of para-hydroxylation sites is 1. The first-order valence-corrected chi connectivity index (χ1v) is 11.2. The molecule has 2 amide bonds. The van der Waals surface area contributed by atoms with Crippen LogP contribution >= 0.6 is 0 Å². The lowest BCUT2D eigenvalue weighted by Crippen LogP contribution is -2.46. The molecule has 1 heterocycles. The van der Waals surface area contributed by atoms with Gasteiger partial charge in [-0.3, -0.25) is 19.4 Å². The van der Waals surface area contributed by atoms with Gasteiger partial charge in [-0.25, -0.2) is 0 Å². The number of hydrogen-bond acceptors (Lipinski definition) is 5. The molecule has 0 spiro atoms. The summed E-state index contributed by atoms with van der Waals surface area (Å²) in [4.78, 5) is 29.0. The van der Waals surface area contributed by atoms with Gasteiger partial charge in [0.05, 0.1) is 13.1 Å². The fourth-order valence-corrected chi connectivity index (χ4v) is 3.64. The van der Waals surface area contributed by atoms with Crippen LogP contribution in [0.3, 0.4) is 0 Å². The molecule has 1 aliphatic heterocycles. The number of amides is 2. The molecule has 0 bridgehead atoms. The Hall–Kier alpha value is -2.90. The predicted molar refractivity (Wildman–Crippen MR) is 127 cm³/mol. The second kappa shape index (κ2) is 11.1. The van der Waals surface area contributed by atoms with Crippen molar-refractivity contribution in [2.45, 2.75) is 32.7 Å². The minimum absolute atomic E-state index is 0.0411. The Balaban J connectivity index is 1.42. The van der Waals surface area contributed by atoms with Gasteiger partial charge in [-0.15, -0.1) is 0 Å². The molecule has 172 valence electrons. The van der Waals surface area contributed by atoms with E-state index in [4.69, 9.17) is 4.74 Å². The van der Waals surface area contributed by atoms with E-state index in [1.54, 1.807) is 0 Å². The van der Waals surface area contributed by atoms with E-state index in [0.29, 0.717) is 13.1 Å². The number of rotatable bonds is 7. The molecular weight excluding hydrogens is 404 g/mol. The lowest BCUT2D eigenvalue weighted by molar-refractivity contribution is -0.123. The zero-order chi connectivity index (χ0) is 23.0. The van der Waals surface area contributed by atoms with Crippen molar-refractivity contribution in [3.63, 3.8) is 0 Å². The van der Waals surface area contributed by atoms with Crippen molar-refractivity contribution in [1.82, 2.24) is 15.1 Å². The van der Waals surface area contributed by atoms with Gasteiger partial charge in [0.15, 0.2) is 0 Å². The molecular formula is C25H34N4O3. The molecule has 3 rings (SSSR count). The van der Waals surface area contributed by atoms with Gasteiger partial charge in [0.25, 0.3) is 0 Å². The molecule has 0 unspecified atom stereocenters. The first-order chi connectivity index (χ1) is 15.3. The second-order valence-corrected chi connectivity index (χ2v) is 9.19. The van der Waals surface area contributed by atoms with Crippen LogP contribution in [0, 0.1) is 0 Å². The van der Waals surface area contributed by atoms with Crippen LogP contribution in [0.5, 0.6) is 11.5 Å². The van der Waals surface area contributed by atoms with Crippen molar-refractivity contribution in [3.05, 3.63) is 54.6 Å². The quantitative estimate of drug-likeness (QED) is 0.694. The molecule has 2 N–H and O–H groups in total. The number of carbonyl (C=O) groups excluding carboxylic acids is 2. The summed E-state index contributed by atoms with van der Waals surface area (Å²) in [5.41, 5.74) is 0.518. The van der Waals surface area contributed by atoms with Crippen molar-refractivity contribution < 1.29 is 14.3 Å². The second-order valence-electron chi connectivity index (χ2n) is 9.19. The van der Waals surface area contributed by atoms with Gasteiger partial charge in [-0.1, -0.05) is 18.2 Å². The standard InChI is InChI=1S/C25H34N4O3/c1-25(2,3)27-24(31)19-29-15-7-14-28(16-17-29)18-23(30)26-20-10-12-22(13-11-20)32-21-8-5-4-6-9-21/h4-6,8-13H,7,14-19H2,1-3H3,(H,26,30)(H,27,31). The highest BCUT2D eigenvalue weighted by molar-refractivity contribution is 5.92. The summed E-state index contributed by atoms with van der Waals surface area (Å²) in [6, 6.07) is 17.0. The van der Waals surface area contributed by atoms with E-state index >= 15 is 0 Å². The topological polar surface area (TPSA) is 73.9 Å². The van der Waals surface area contributed by atoms with Gasteiger partial charge < -0.3 is 15.4 Å². The van der Waals surface area contributed by atoms with E-state index < -0.39 is 0 Å². The average Bonchev–Trinajstić information content (AvgIpc) is 2.94. The zero-order valence-electron chi connectivity index (χ0n) is 19.3. The Kier molecular flexibility index (Phi) is 8.25. The molecule has 32 heavy (non-hydrogen) atoms. The predicted octanol–water partition coefficient (Wildman–Crippen LogP) is 3.34. The lowest BCUT2D eigenvalue weighted by atomic mass is 10.1. The smallest absolute Gasteiger partial charge is 0.238 e. The highest BCUT2D eigenvalue weighted by atomic mass is 16.5. The van der Waals surface area contributed by atoms with E-state index in [1.165, 1.54) is 0 Å². The third-order valence-corrected chi connectivity index (χ3v) is 5.05. The Morgan fingerprint density at radius 2 is 1.38 bits per heavy atom. The number of nitrogens with one attached hydrogen (secondary N) is 2. The SMILES string of the molecule is CC(C)(C)NC(=O)CN1CCCN(CC(=O)Nc2ccc(Oc3ccccc3)cc2)CC1. The Morgan fingerprint density at radius 3 is 1.97 bits per heavy atom. The van der Waals surface area contributed by atoms with E-state index in [2.05, 4.69) is 20.4 Å². The zero-order valence-corrected chi connectivity index (χ0v) is 19.3. The van der Waals surface area contributed by atoms with Crippen molar-refractivity contribution in [2.24, 2.45) is 0 Å². The monoisotopic (exact) mass is 438 g/mol. The molecule has 0 atom stereocenters. The Morgan fingerprint density at radius 1 is 0.812 bits per heavy atom. The highest BCUT2D eigenvalue weighted by Crippen LogP contribution is 2.22. The largest absolute Gasteiger partial charge is 0.457 e. The maximum absolute atomic E-state index is 12.5. The van der Waals surface area contributed by atoms with Crippen LogP contribution in [0.2, 0.25) is 0 Å². The van der Waals surface area contributed by atoms with Crippen molar-refractivity contribution in [3.8, 4) is 11.5 Å². The number of nitrogens with zero attached hydrogens (tertiary/aromatic N) is 2. The maximum Gasteiger partial charge on any atom is 0.238 e. The van der Waals surface area contributed by atoms with Crippen LogP contribution in [0.15, 0.2) is 54.6 Å². The number of hydrogen-bond donors (Lipinski definition) is 2. The summed E-state index contributed by atoms with van der Waals surface area (Å²) in [5.74, 6) is 1.50. The Labute approximate surface area is 190 Å². The summed E-state index contributed by atoms with van der Waals surface area (Å²) in [6.07, 6.45) is 0.932. The number of anilines is 1. The van der Waals surface area contributed by atoms with E-state index in [1.807, 2.05) is 75.4 Å². The van der Waals surface area contributed by atoms with E-state index in [-0.39, 0.29) is 17.4 Å². The third kappa shape index (κ3) is 8.32. The maximum atomic E-state index is 12.5. The van der Waals surface area contributed by atoms with Crippen LogP contribution in [0.1, 0.15) is 27.2 Å². The van der Waals surface area contributed by atoms with Crippen molar-refractivity contribution in [2.75, 3.05) is 44.6 Å².